The van der Waals surface area contributed by atoms with Gasteiger partial charge in [-0.3, -0.25) is 14.4 Å². The first-order chi connectivity index (χ1) is 9.47. The predicted molar refractivity (Wildman–Crippen MR) is 69.6 cm³/mol. The molecule has 0 saturated carbocycles. The molecule has 2 atom stereocenters. The molecule has 1 fully saturated rings. The van der Waals surface area contributed by atoms with Crippen molar-refractivity contribution in [2.45, 2.75) is 51.1 Å². The Labute approximate surface area is 117 Å². The van der Waals surface area contributed by atoms with Crippen molar-refractivity contribution in [2.75, 3.05) is 7.11 Å². The summed E-state index contributed by atoms with van der Waals surface area (Å²) in [5, 5.41) is 5.05. The van der Waals surface area contributed by atoms with Crippen molar-refractivity contribution in [3.8, 4) is 0 Å². The van der Waals surface area contributed by atoms with E-state index in [4.69, 9.17) is 0 Å². The minimum Gasteiger partial charge on any atom is -0.467 e. The molecule has 1 rings (SSSR count). The summed E-state index contributed by atoms with van der Waals surface area (Å²) in [6, 6.07) is -1.47. The van der Waals surface area contributed by atoms with Crippen LogP contribution in [0.5, 0.6) is 0 Å². The molecule has 112 valence electrons. The maximum Gasteiger partial charge on any atom is 0.328 e. The van der Waals surface area contributed by atoms with Crippen LogP contribution in [-0.4, -0.2) is 42.8 Å². The Morgan fingerprint density at radius 2 is 2.15 bits per heavy atom. The van der Waals surface area contributed by atoms with Gasteiger partial charge in [0.05, 0.1) is 7.11 Å². The quantitative estimate of drug-likeness (QED) is 0.624. The van der Waals surface area contributed by atoms with Gasteiger partial charge in [0.2, 0.25) is 11.8 Å². The van der Waals surface area contributed by atoms with E-state index < -0.39 is 24.0 Å². The van der Waals surface area contributed by atoms with Gasteiger partial charge in [-0.05, 0) is 12.8 Å². The van der Waals surface area contributed by atoms with Gasteiger partial charge in [-0.15, -0.1) is 0 Å². The fourth-order valence-corrected chi connectivity index (χ4v) is 1.96. The summed E-state index contributed by atoms with van der Waals surface area (Å²) in [6.45, 7) is 1.74. The Balaban J connectivity index is 2.55. The van der Waals surface area contributed by atoms with Crippen LogP contribution in [0.25, 0.3) is 0 Å². The monoisotopic (exact) mass is 284 g/mol. The van der Waals surface area contributed by atoms with Gasteiger partial charge in [-0.1, -0.05) is 6.92 Å². The second-order valence-electron chi connectivity index (χ2n) is 4.67. The highest BCUT2D eigenvalue weighted by Gasteiger charge is 2.30. The van der Waals surface area contributed by atoms with E-state index in [-0.39, 0.29) is 24.5 Å². The van der Waals surface area contributed by atoms with Gasteiger partial charge in [0.25, 0.3) is 0 Å². The van der Waals surface area contributed by atoms with Gasteiger partial charge in [0.15, 0.2) is 0 Å². The van der Waals surface area contributed by atoms with E-state index >= 15 is 0 Å². The second kappa shape index (κ2) is 7.62. The highest BCUT2D eigenvalue weighted by atomic mass is 16.5. The van der Waals surface area contributed by atoms with E-state index in [1.165, 1.54) is 7.11 Å². The summed E-state index contributed by atoms with van der Waals surface area (Å²) >= 11 is 0. The molecule has 0 aromatic carbocycles. The highest BCUT2D eigenvalue weighted by Crippen LogP contribution is 2.08. The van der Waals surface area contributed by atoms with Crippen molar-refractivity contribution in [1.82, 2.24) is 10.6 Å². The Hall–Kier alpha value is -1.92. The summed E-state index contributed by atoms with van der Waals surface area (Å²) in [5.41, 5.74) is 0. The number of hydrogen-bond donors (Lipinski definition) is 2. The average molecular weight is 284 g/mol. The van der Waals surface area contributed by atoms with Gasteiger partial charge in [0.1, 0.15) is 17.9 Å². The number of amides is 2. The number of rotatable bonds is 7. The first kappa shape index (κ1) is 16.1. The number of ketones is 1. The van der Waals surface area contributed by atoms with Crippen molar-refractivity contribution in [3.63, 3.8) is 0 Å². The lowest BCUT2D eigenvalue weighted by molar-refractivity contribution is -0.145. The molecule has 2 amide bonds. The Morgan fingerprint density at radius 1 is 1.45 bits per heavy atom. The lowest BCUT2D eigenvalue weighted by atomic mass is 10.1. The molecule has 2 N–H and O–H groups in total. The third kappa shape index (κ3) is 4.64. The molecule has 1 saturated heterocycles. The van der Waals surface area contributed by atoms with Crippen LogP contribution in [-0.2, 0) is 23.9 Å². The van der Waals surface area contributed by atoms with E-state index in [0.29, 0.717) is 19.3 Å². The van der Waals surface area contributed by atoms with Crippen molar-refractivity contribution in [1.29, 1.82) is 0 Å². The standard InChI is InChI=1S/C13H20N2O5/c1-3-8(16)4-5-10(13(19)20-2)15-12(18)9-6-7-11(17)14-9/h9-10H,3-7H2,1-2H3,(H,14,17)(H,15,18)/t9-,10-/m1/s1. The predicted octanol–water partition coefficient (Wildman–Crippen LogP) is -0.318. The van der Waals surface area contributed by atoms with Crippen molar-refractivity contribution in [3.05, 3.63) is 0 Å². The number of methoxy groups -OCH3 is 1. The van der Waals surface area contributed by atoms with E-state index in [1.807, 2.05) is 0 Å². The van der Waals surface area contributed by atoms with Crippen LogP contribution in [0.1, 0.15) is 39.0 Å². The lowest BCUT2D eigenvalue weighted by Gasteiger charge is -2.18. The van der Waals surface area contributed by atoms with Crippen molar-refractivity contribution in [2.24, 2.45) is 0 Å². The van der Waals surface area contributed by atoms with Crippen LogP contribution in [0.2, 0.25) is 0 Å². The van der Waals surface area contributed by atoms with Crippen LogP contribution in [0.3, 0.4) is 0 Å². The number of Topliss-reactive ketones (excluding diaryl/α,β-unsaturated/α-hetero) is 1. The number of carbonyl (C=O) groups excluding carboxylic acids is 4. The molecular formula is C13H20N2O5. The van der Waals surface area contributed by atoms with Crippen LogP contribution in [0.15, 0.2) is 0 Å². The van der Waals surface area contributed by atoms with Gasteiger partial charge >= 0.3 is 5.97 Å². The number of hydrogen-bond acceptors (Lipinski definition) is 5. The third-order valence-electron chi connectivity index (χ3n) is 3.22. The topological polar surface area (TPSA) is 102 Å². The molecular weight excluding hydrogens is 264 g/mol. The molecule has 0 radical (unpaired) electrons. The van der Waals surface area contributed by atoms with Crippen LogP contribution in [0, 0.1) is 0 Å². The fraction of sp³-hybridized carbons (Fsp3) is 0.692. The first-order valence-electron chi connectivity index (χ1n) is 6.67. The molecule has 1 aliphatic heterocycles. The van der Waals surface area contributed by atoms with Crippen LogP contribution < -0.4 is 10.6 Å². The van der Waals surface area contributed by atoms with Gasteiger partial charge < -0.3 is 15.4 Å². The molecule has 20 heavy (non-hydrogen) atoms. The van der Waals surface area contributed by atoms with E-state index in [1.54, 1.807) is 6.92 Å². The summed E-state index contributed by atoms with van der Waals surface area (Å²) in [4.78, 5) is 45.9. The fourth-order valence-electron chi connectivity index (χ4n) is 1.96. The third-order valence-corrected chi connectivity index (χ3v) is 3.22. The molecule has 7 nitrogen and oxygen atoms in total. The zero-order valence-electron chi connectivity index (χ0n) is 11.7. The summed E-state index contributed by atoms with van der Waals surface area (Å²) in [7, 11) is 1.22. The van der Waals surface area contributed by atoms with Gasteiger partial charge in [-0.2, -0.15) is 0 Å². The summed E-state index contributed by atoms with van der Waals surface area (Å²) in [6.07, 6.45) is 1.50. The first-order valence-corrected chi connectivity index (χ1v) is 6.67. The minimum absolute atomic E-state index is 0.0160. The van der Waals surface area contributed by atoms with E-state index in [9.17, 15) is 19.2 Å². The van der Waals surface area contributed by atoms with Crippen molar-refractivity contribution < 1.29 is 23.9 Å². The zero-order chi connectivity index (χ0) is 15.1. The molecule has 0 bridgehead atoms. The number of ether oxygens (including phenoxy) is 1. The highest BCUT2D eigenvalue weighted by molar-refractivity contribution is 5.93. The number of nitrogens with one attached hydrogen (secondary N) is 2. The lowest BCUT2D eigenvalue weighted by Crippen LogP contribution is -2.49. The van der Waals surface area contributed by atoms with Gasteiger partial charge in [0, 0.05) is 19.3 Å². The SMILES string of the molecule is CCC(=O)CC[C@@H](NC(=O)[C@H]1CCC(=O)N1)C(=O)OC. The molecule has 1 heterocycles. The maximum absolute atomic E-state index is 11.9. The molecule has 0 unspecified atom stereocenters. The molecule has 0 aromatic heterocycles. The number of carbonyl (C=O) groups is 4. The van der Waals surface area contributed by atoms with Crippen LogP contribution >= 0.6 is 0 Å². The van der Waals surface area contributed by atoms with Crippen molar-refractivity contribution >= 4 is 23.6 Å². The van der Waals surface area contributed by atoms with Crippen LogP contribution in [0.4, 0.5) is 0 Å². The molecule has 7 heteroatoms. The molecule has 1 aliphatic rings. The molecule has 0 aliphatic carbocycles. The maximum atomic E-state index is 11.9. The summed E-state index contributed by atoms with van der Waals surface area (Å²) in [5.74, 6) is -1.18. The Morgan fingerprint density at radius 3 is 2.65 bits per heavy atom. The van der Waals surface area contributed by atoms with Gasteiger partial charge in [-0.25, -0.2) is 4.79 Å². The normalized spacial score (nSPS) is 19.1. The second-order valence-corrected chi connectivity index (χ2v) is 4.67. The Bertz CT molecular complexity index is 408. The zero-order valence-corrected chi connectivity index (χ0v) is 11.7. The van der Waals surface area contributed by atoms with E-state index in [2.05, 4.69) is 15.4 Å². The largest absolute Gasteiger partial charge is 0.467 e. The number of esters is 1. The smallest absolute Gasteiger partial charge is 0.328 e. The average Bonchev–Trinajstić information content (AvgIpc) is 2.88. The minimum atomic E-state index is -0.861. The Kier molecular flexibility index (Phi) is 6.14. The molecule has 0 aromatic rings. The molecule has 0 spiro atoms. The van der Waals surface area contributed by atoms with E-state index in [0.717, 1.165) is 0 Å². The summed E-state index contributed by atoms with van der Waals surface area (Å²) < 4.78 is 4.61.